The SMILES string of the molecule is O=C(Cc1ccc(Cl)s1)Nc1nnc(-c2cc3ccccc3o2)o1. The number of para-hydroxylation sites is 1. The second-order valence-corrected chi connectivity index (χ2v) is 6.79. The van der Waals surface area contributed by atoms with E-state index in [1.165, 1.54) is 11.3 Å². The van der Waals surface area contributed by atoms with E-state index in [1.54, 1.807) is 12.1 Å². The summed E-state index contributed by atoms with van der Waals surface area (Å²) >= 11 is 7.20. The first kappa shape index (κ1) is 14.9. The summed E-state index contributed by atoms with van der Waals surface area (Å²) in [6, 6.07) is 13.0. The van der Waals surface area contributed by atoms with E-state index in [2.05, 4.69) is 15.5 Å². The van der Waals surface area contributed by atoms with E-state index in [0.717, 1.165) is 15.8 Å². The fourth-order valence-electron chi connectivity index (χ4n) is 2.23. The van der Waals surface area contributed by atoms with Crippen LogP contribution in [0.15, 0.2) is 51.3 Å². The Morgan fingerprint density at radius 1 is 1.17 bits per heavy atom. The minimum absolute atomic E-state index is 0.0260. The molecule has 8 heteroatoms. The minimum Gasteiger partial charge on any atom is -0.451 e. The van der Waals surface area contributed by atoms with Crippen molar-refractivity contribution in [3.05, 3.63) is 51.7 Å². The van der Waals surface area contributed by atoms with Gasteiger partial charge in [0.25, 0.3) is 5.89 Å². The number of benzene rings is 1. The third kappa shape index (κ3) is 3.04. The molecule has 1 amide bonds. The van der Waals surface area contributed by atoms with Gasteiger partial charge in [0.15, 0.2) is 5.76 Å². The zero-order valence-electron chi connectivity index (χ0n) is 12.2. The molecule has 1 N–H and O–H groups in total. The van der Waals surface area contributed by atoms with Gasteiger partial charge in [-0.2, -0.15) is 0 Å². The lowest BCUT2D eigenvalue weighted by Gasteiger charge is -1.97. The van der Waals surface area contributed by atoms with Crippen LogP contribution in [-0.2, 0) is 11.2 Å². The summed E-state index contributed by atoms with van der Waals surface area (Å²) in [4.78, 5) is 12.8. The van der Waals surface area contributed by atoms with Gasteiger partial charge in [0.2, 0.25) is 5.91 Å². The number of aromatic nitrogens is 2. The molecule has 3 heterocycles. The van der Waals surface area contributed by atoms with Crippen molar-refractivity contribution in [2.75, 3.05) is 5.32 Å². The Labute approximate surface area is 145 Å². The summed E-state index contributed by atoms with van der Waals surface area (Å²) in [6.45, 7) is 0. The molecular formula is C16H10ClN3O3S. The summed E-state index contributed by atoms with van der Waals surface area (Å²) < 4.78 is 11.7. The lowest BCUT2D eigenvalue weighted by molar-refractivity contribution is -0.115. The highest BCUT2D eigenvalue weighted by atomic mass is 35.5. The predicted molar refractivity (Wildman–Crippen MR) is 91.2 cm³/mol. The summed E-state index contributed by atoms with van der Waals surface area (Å²) in [5.41, 5.74) is 0.728. The van der Waals surface area contributed by atoms with E-state index in [4.69, 9.17) is 20.4 Å². The number of carbonyl (C=O) groups excluding carboxylic acids is 1. The number of carbonyl (C=O) groups is 1. The van der Waals surface area contributed by atoms with Gasteiger partial charge in [-0.25, -0.2) is 0 Å². The average molecular weight is 360 g/mol. The first-order valence-electron chi connectivity index (χ1n) is 7.04. The van der Waals surface area contributed by atoms with Gasteiger partial charge < -0.3 is 8.83 Å². The average Bonchev–Trinajstić information content (AvgIpc) is 3.26. The van der Waals surface area contributed by atoms with Crippen molar-refractivity contribution in [2.45, 2.75) is 6.42 Å². The molecule has 0 atom stereocenters. The number of amides is 1. The van der Waals surface area contributed by atoms with Crippen LogP contribution in [0.1, 0.15) is 4.88 Å². The Balaban J connectivity index is 1.49. The van der Waals surface area contributed by atoms with Gasteiger partial charge in [-0.3, -0.25) is 10.1 Å². The summed E-state index contributed by atoms with van der Waals surface area (Å²) in [6.07, 6.45) is 0.194. The van der Waals surface area contributed by atoms with E-state index < -0.39 is 0 Å². The van der Waals surface area contributed by atoms with Crippen molar-refractivity contribution < 1.29 is 13.6 Å². The Hall–Kier alpha value is -2.64. The number of anilines is 1. The number of furan rings is 1. The summed E-state index contributed by atoms with van der Waals surface area (Å²) in [5.74, 6) is 0.406. The zero-order valence-corrected chi connectivity index (χ0v) is 13.7. The maximum Gasteiger partial charge on any atom is 0.322 e. The van der Waals surface area contributed by atoms with Crippen molar-refractivity contribution in [1.29, 1.82) is 0 Å². The maximum atomic E-state index is 12.0. The van der Waals surface area contributed by atoms with Crippen molar-refractivity contribution in [2.24, 2.45) is 0 Å². The third-order valence-corrected chi connectivity index (χ3v) is 4.50. The first-order valence-corrected chi connectivity index (χ1v) is 8.23. The summed E-state index contributed by atoms with van der Waals surface area (Å²) in [7, 11) is 0. The topological polar surface area (TPSA) is 81.2 Å². The molecule has 0 aliphatic rings. The highest BCUT2D eigenvalue weighted by Gasteiger charge is 2.15. The predicted octanol–water partition coefficient (Wildman–Crippen LogP) is 4.38. The van der Waals surface area contributed by atoms with Crippen LogP contribution >= 0.6 is 22.9 Å². The maximum absolute atomic E-state index is 12.0. The van der Waals surface area contributed by atoms with Crippen molar-refractivity contribution in [3.63, 3.8) is 0 Å². The number of hydrogen-bond acceptors (Lipinski definition) is 6. The van der Waals surface area contributed by atoms with Crippen LogP contribution in [0.2, 0.25) is 4.34 Å². The van der Waals surface area contributed by atoms with Crippen LogP contribution in [-0.4, -0.2) is 16.1 Å². The number of halogens is 1. The molecule has 24 heavy (non-hydrogen) atoms. The number of nitrogens with zero attached hydrogens (tertiary/aromatic N) is 2. The van der Waals surface area contributed by atoms with Crippen molar-refractivity contribution in [1.82, 2.24) is 10.2 Å². The molecule has 0 aliphatic carbocycles. The van der Waals surface area contributed by atoms with E-state index >= 15 is 0 Å². The molecule has 0 unspecified atom stereocenters. The van der Waals surface area contributed by atoms with E-state index in [0.29, 0.717) is 10.1 Å². The normalized spacial score (nSPS) is 11.0. The molecule has 0 bridgehead atoms. The largest absolute Gasteiger partial charge is 0.451 e. The molecular weight excluding hydrogens is 350 g/mol. The Kier molecular flexibility index (Phi) is 3.79. The molecule has 4 aromatic rings. The zero-order chi connectivity index (χ0) is 16.5. The standard InChI is InChI=1S/C16H10ClN3O3S/c17-13-6-5-10(24-13)8-14(21)18-16-20-19-15(23-16)12-7-9-3-1-2-4-11(9)22-12/h1-7H,8H2,(H,18,20,21). The van der Waals surface area contributed by atoms with Crippen LogP contribution in [0.25, 0.3) is 22.6 Å². The minimum atomic E-state index is -0.256. The molecule has 0 saturated carbocycles. The Bertz CT molecular complexity index is 987. The van der Waals surface area contributed by atoms with Crippen LogP contribution in [0, 0.1) is 0 Å². The lowest BCUT2D eigenvalue weighted by atomic mass is 10.2. The molecule has 3 aromatic heterocycles. The second kappa shape index (κ2) is 6.10. The summed E-state index contributed by atoms with van der Waals surface area (Å²) in [5, 5.41) is 11.2. The molecule has 6 nitrogen and oxygen atoms in total. The monoisotopic (exact) mass is 359 g/mol. The Morgan fingerprint density at radius 3 is 2.83 bits per heavy atom. The molecule has 0 radical (unpaired) electrons. The van der Waals surface area contributed by atoms with Crippen LogP contribution in [0.5, 0.6) is 0 Å². The molecule has 4 rings (SSSR count). The molecule has 0 aliphatic heterocycles. The molecule has 1 aromatic carbocycles. The Morgan fingerprint density at radius 2 is 2.04 bits per heavy atom. The van der Waals surface area contributed by atoms with E-state index in [1.807, 2.05) is 30.3 Å². The van der Waals surface area contributed by atoms with Crippen LogP contribution < -0.4 is 5.32 Å². The van der Waals surface area contributed by atoms with Gasteiger partial charge in [0.05, 0.1) is 10.8 Å². The van der Waals surface area contributed by atoms with Gasteiger partial charge in [0.1, 0.15) is 5.58 Å². The van der Waals surface area contributed by atoms with Gasteiger partial charge >= 0.3 is 6.01 Å². The molecule has 0 spiro atoms. The van der Waals surface area contributed by atoms with E-state index in [-0.39, 0.29) is 24.2 Å². The fourth-order valence-corrected chi connectivity index (χ4v) is 3.32. The fraction of sp³-hybridized carbons (Fsp3) is 0.0625. The quantitative estimate of drug-likeness (QED) is 0.584. The van der Waals surface area contributed by atoms with Gasteiger partial charge in [-0.1, -0.05) is 34.9 Å². The molecule has 120 valence electrons. The van der Waals surface area contributed by atoms with Crippen LogP contribution in [0.4, 0.5) is 6.01 Å². The van der Waals surface area contributed by atoms with Gasteiger partial charge in [-0.05, 0) is 24.3 Å². The van der Waals surface area contributed by atoms with Crippen molar-refractivity contribution in [3.8, 4) is 11.7 Å². The number of fused-ring (bicyclic) bond motifs is 1. The highest BCUT2D eigenvalue weighted by Crippen LogP contribution is 2.27. The smallest absolute Gasteiger partial charge is 0.322 e. The molecule has 0 fully saturated rings. The molecule has 0 saturated heterocycles. The second-order valence-electron chi connectivity index (χ2n) is 4.99. The highest BCUT2D eigenvalue weighted by molar-refractivity contribution is 7.16. The number of hydrogen-bond donors (Lipinski definition) is 1. The first-order chi connectivity index (χ1) is 11.7. The number of thiophene rings is 1. The van der Waals surface area contributed by atoms with Gasteiger partial charge in [0, 0.05) is 10.3 Å². The third-order valence-electron chi connectivity index (χ3n) is 3.27. The van der Waals surface area contributed by atoms with Crippen molar-refractivity contribution >= 4 is 45.8 Å². The lowest BCUT2D eigenvalue weighted by Crippen LogP contribution is -2.13. The number of nitrogens with one attached hydrogen (secondary N) is 1. The van der Waals surface area contributed by atoms with E-state index in [9.17, 15) is 4.79 Å². The number of rotatable bonds is 4. The van der Waals surface area contributed by atoms with Gasteiger partial charge in [-0.15, -0.1) is 16.4 Å². The van der Waals surface area contributed by atoms with Crippen LogP contribution in [0.3, 0.4) is 0 Å².